The van der Waals surface area contributed by atoms with Crippen LogP contribution in [0.3, 0.4) is 0 Å². The lowest BCUT2D eigenvalue weighted by Crippen LogP contribution is -2.01. The zero-order valence-electron chi connectivity index (χ0n) is 9.17. The van der Waals surface area contributed by atoms with Crippen LogP contribution in [-0.4, -0.2) is 12.6 Å². The van der Waals surface area contributed by atoms with Crippen molar-refractivity contribution >= 4 is 23.6 Å². The van der Waals surface area contributed by atoms with Gasteiger partial charge in [-0.2, -0.15) is 0 Å². The van der Waals surface area contributed by atoms with Gasteiger partial charge < -0.3 is 4.74 Å². The summed E-state index contributed by atoms with van der Waals surface area (Å²) in [5, 5.41) is -0.535. The van der Waals surface area contributed by atoms with Crippen LogP contribution in [0.15, 0.2) is 18.2 Å². The van der Waals surface area contributed by atoms with Crippen molar-refractivity contribution in [1.82, 2.24) is 0 Å². The fraction of sp³-hybridized carbons (Fsp3) is 0.250. The molecule has 0 aromatic heterocycles. The van der Waals surface area contributed by atoms with Gasteiger partial charge in [-0.3, -0.25) is 4.79 Å². The summed E-state index contributed by atoms with van der Waals surface area (Å²) in [5.74, 6) is -2.05. The van der Waals surface area contributed by atoms with Crippen molar-refractivity contribution < 1.29 is 18.3 Å². The van der Waals surface area contributed by atoms with Gasteiger partial charge in [0.05, 0.1) is 13.0 Å². The molecule has 0 saturated carbocycles. The van der Waals surface area contributed by atoms with Crippen molar-refractivity contribution in [3.8, 4) is 0 Å². The van der Waals surface area contributed by atoms with Gasteiger partial charge in [0.25, 0.3) is 0 Å². The lowest BCUT2D eigenvalue weighted by molar-refractivity contribution is -0.142. The minimum absolute atomic E-state index is 0.0553. The van der Waals surface area contributed by atoms with Crippen LogP contribution in [0.2, 0.25) is 5.02 Å². The second kappa shape index (κ2) is 6.35. The summed E-state index contributed by atoms with van der Waals surface area (Å²) < 4.78 is 30.8. The van der Waals surface area contributed by atoms with Gasteiger partial charge in [-0.15, -0.1) is 0 Å². The molecule has 5 heteroatoms. The van der Waals surface area contributed by atoms with Crippen molar-refractivity contribution in [2.45, 2.75) is 13.3 Å². The highest BCUT2D eigenvalue weighted by Gasteiger charge is 2.07. The van der Waals surface area contributed by atoms with E-state index in [1.807, 2.05) is 0 Å². The van der Waals surface area contributed by atoms with E-state index in [0.29, 0.717) is 12.2 Å². The molecule has 17 heavy (non-hydrogen) atoms. The smallest absolute Gasteiger partial charge is 0.309 e. The Balaban J connectivity index is 2.69. The zero-order chi connectivity index (χ0) is 12.8. The third-order valence-corrected chi connectivity index (χ3v) is 2.27. The molecule has 1 aromatic rings. The lowest BCUT2D eigenvalue weighted by atomic mass is 10.2. The Morgan fingerprint density at radius 2 is 2.00 bits per heavy atom. The molecule has 0 aliphatic heterocycles. The number of halogens is 3. The summed E-state index contributed by atoms with van der Waals surface area (Å²) in [7, 11) is 0. The monoisotopic (exact) mass is 260 g/mol. The Labute approximate surface area is 103 Å². The third kappa shape index (κ3) is 4.15. The molecule has 0 N–H and O–H groups in total. The van der Waals surface area contributed by atoms with Gasteiger partial charge in [0.1, 0.15) is 16.7 Å². The van der Waals surface area contributed by atoms with Crippen LogP contribution < -0.4 is 0 Å². The van der Waals surface area contributed by atoms with E-state index in [-0.39, 0.29) is 6.42 Å². The normalized spacial score (nSPS) is 10.8. The van der Waals surface area contributed by atoms with E-state index in [1.165, 1.54) is 12.2 Å². The van der Waals surface area contributed by atoms with Crippen molar-refractivity contribution in [2.75, 3.05) is 6.61 Å². The van der Waals surface area contributed by atoms with Crippen molar-refractivity contribution in [3.05, 3.63) is 40.4 Å². The van der Waals surface area contributed by atoms with Crippen LogP contribution in [0.25, 0.3) is 6.08 Å². The topological polar surface area (TPSA) is 26.3 Å². The maximum Gasteiger partial charge on any atom is 0.309 e. The number of hydrogen-bond acceptors (Lipinski definition) is 2. The summed E-state index contributed by atoms with van der Waals surface area (Å²) in [4.78, 5) is 11.0. The number of hydrogen-bond donors (Lipinski definition) is 0. The summed E-state index contributed by atoms with van der Waals surface area (Å²) in [5.41, 5.74) is 0.300. The van der Waals surface area contributed by atoms with Gasteiger partial charge in [0.15, 0.2) is 0 Å². The van der Waals surface area contributed by atoms with Gasteiger partial charge >= 0.3 is 5.97 Å². The average Bonchev–Trinajstić information content (AvgIpc) is 2.26. The highest BCUT2D eigenvalue weighted by Crippen LogP contribution is 2.21. The maximum absolute atomic E-state index is 13.0. The Bertz CT molecular complexity index is 421. The zero-order valence-corrected chi connectivity index (χ0v) is 9.93. The first-order chi connectivity index (χ1) is 8.04. The Hall–Kier alpha value is -1.42. The van der Waals surface area contributed by atoms with Crippen LogP contribution in [0.4, 0.5) is 8.78 Å². The first-order valence-electron chi connectivity index (χ1n) is 5.01. The first kappa shape index (κ1) is 13.6. The highest BCUT2D eigenvalue weighted by molar-refractivity contribution is 6.30. The van der Waals surface area contributed by atoms with E-state index in [0.717, 1.165) is 12.1 Å². The number of carbonyl (C=O) groups excluding carboxylic acids is 1. The largest absolute Gasteiger partial charge is 0.466 e. The van der Waals surface area contributed by atoms with Crippen LogP contribution >= 0.6 is 11.6 Å². The van der Waals surface area contributed by atoms with E-state index in [4.69, 9.17) is 11.6 Å². The van der Waals surface area contributed by atoms with Crippen molar-refractivity contribution in [1.29, 1.82) is 0 Å². The number of benzene rings is 1. The minimum Gasteiger partial charge on any atom is -0.466 e. The van der Waals surface area contributed by atoms with E-state index in [2.05, 4.69) is 4.74 Å². The molecular formula is C12H11ClF2O2. The molecule has 0 saturated heterocycles. The fourth-order valence-corrected chi connectivity index (χ4v) is 1.29. The minimum atomic E-state index is -0.831. The molecule has 92 valence electrons. The molecule has 0 bridgehead atoms. The van der Waals surface area contributed by atoms with Crippen LogP contribution in [0, 0.1) is 11.6 Å². The Kier molecular flexibility index (Phi) is 5.10. The van der Waals surface area contributed by atoms with Gasteiger partial charge in [-0.05, 0) is 24.6 Å². The molecule has 0 atom stereocenters. The maximum atomic E-state index is 13.0. The SMILES string of the molecule is CCOC(=O)CC=Cc1cc(F)c(Cl)c(F)c1. The average molecular weight is 261 g/mol. The fourth-order valence-electron chi connectivity index (χ4n) is 1.18. The van der Waals surface area contributed by atoms with E-state index in [1.54, 1.807) is 6.92 Å². The molecule has 0 unspecified atom stereocenters. The number of esters is 1. The molecular weight excluding hydrogens is 250 g/mol. The molecule has 0 aliphatic carbocycles. The number of ether oxygens (including phenoxy) is 1. The molecule has 0 aliphatic rings. The van der Waals surface area contributed by atoms with Crippen LogP contribution in [0.1, 0.15) is 18.9 Å². The van der Waals surface area contributed by atoms with E-state index >= 15 is 0 Å². The molecule has 0 radical (unpaired) electrons. The van der Waals surface area contributed by atoms with Crippen LogP contribution in [-0.2, 0) is 9.53 Å². The predicted molar refractivity (Wildman–Crippen MR) is 61.7 cm³/mol. The van der Waals surface area contributed by atoms with E-state index < -0.39 is 22.6 Å². The van der Waals surface area contributed by atoms with Gasteiger partial charge in [0.2, 0.25) is 0 Å². The summed E-state index contributed by atoms with van der Waals surface area (Å²) in [6.45, 7) is 2.00. The second-order valence-electron chi connectivity index (χ2n) is 3.21. The molecule has 0 fully saturated rings. The standard InChI is InChI=1S/C12H11ClF2O2/c1-2-17-11(16)5-3-4-8-6-9(14)12(13)10(15)7-8/h3-4,6-7H,2,5H2,1H3. The Morgan fingerprint density at radius 1 is 1.41 bits per heavy atom. The summed E-state index contributed by atoms with van der Waals surface area (Å²) >= 11 is 5.33. The molecule has 0 amide bonds. The number of rotatable bonds is 4. The molecule has 2 nitrogen and oxygen atoms in total. The van der Waals surface area contributed by atoms with Gasteiger partial charge in [-0.1, -0.05) is 23.8 Å². The Morgan fingerprint density at radius 3 is 2.53 bits per heavy atom. The lowest BCUT2D eigenvalue weighted by Gasteiger charge is -1.99. The van der Waals surface area contributed by atoms with Gasteiger partial charge in [-0.25, -0.2) is 8.78 Å². The highest BCUT2D eigenvalue weighted by atomic mass is 35.5. The first-order valence-corrected chi connectivity index (χ1v) is 5.39. The predicted octanol–water partition coefficient (Wildman–Crippen LogP) is 3.58. The van der Waals surface area contributed by atoms with Crippen molar-refractivity contribution in [3.63, 3.8) is 0 Å². The van der Waals surface area contributed by atoms with Gasteiger partial charge in [0, 0.05) is 0 Å². The van der Waals surface area contributed by atoms with Crippen LogP contribution in [0.5, 0.6) is 0 Å². The third-order valence-electron chi connectivity index (χ3n) is 1.91. The molecule has 0 heterocycles. The quantitative estimate of drug-likeness (QED) is 0.611. The summed E-state index contributed by atoms with van der Waals surface area (Å²) in [6, 6.07) is 2.18. The summed E-state index contributed by atoms with van der Waals surface area (Å²) in [6.07, 6.45) is 2.96. The second-order valence-corrected chi connectivity index (χ2v) is 3.59. The number of carbonyl (C=O) groups is 1. The molecule has 1 rings (SSSR count). The molecule has 1 aromatic carbocycles. The van der Waals surface area contributed by atoms with E-state index in [9.17, 15) is 13.6 Å². The molecule has 0 spiro atoms. The van der Waals surface area contributed by atoms with Crippen molar-refractivity contribution in [2.24, 2.45) is 0 Å².